The number of hydrogen-bond acceptors (Lipinski definition) is 5. The Bertz CT molecular complexity index is 1060. The van der Waals surface area contributed by atoms with E-state index in [1.807, 2.05) is 49.4 Å². The number of carbonyl (C=O) groups is 1. The van der Waals surface area contributed by atoms with E-state index in [0.717, 1.165) is 22.6 Å². The van der Waals surface area contributed by atoms with E-state index >= 15 is 0 Å². The van der Waals surface area contributed by atoms with Gasteiger partial charge in [-0.25, -0.2) is 0 Å². The van der Waals surface area contributed by atoms with E-state index in [-0.39, 0.29) is 11.8 Å². The summed E-state index contributed by atoms with van der Waals surface area (Å²) in [6.07, 6.45) is 3.80. The predicted octanol–water partition coefficient (Wildman–Crippen LogP) is 5.04. The number of amidine groups is 2. The molecule has 1 aliphatic rings. The molecular formula is C23H25ClN6O. The van der Waals surface area contributed by atoms with Gasteiger partial charge < -0.3 is 10.2 Å². The van der Waals surface area contributed by atoms with Crippen LogP contribution < -0.4 is 15.1 Å². The number of anilines is 3. The van der Waals surface area contributed by atoms with Gasteiger partial charge >= 0.3 is 0 Å². The van der Waals surface area contributed by atoms with Gasteiger partial charge in [-0.2, -0.15) is 0 Å². The molecule has 0 aromatic heterocycles. The average Bonchev–Trinajstić information content (AvgIpc) is 2.86. The summed E-state index contributed by atoms with van der Waals surface area (Å²) in [6.45, 7) is 6.02. The third kappa shape index (κ3) is 4.67. The quantitative estimate of drug-likeness (QED) is 0.348. The molecule has 0 unspecified atom stereocenters. The molecule has 0 saturated heterocycles. The van der Waals surface area contributed by atoms with Crippen LogP contribution in [0.15, 0.2) is 53.7 Å². The Morgan fingerprint density at radius 3 is 2.55 bits per heavy atom. The number of nitrogens with one attached hydrogen (secondary N) is 3. The van der Waals surface area contributed by atoms with Crippen molar-refractivity contribution in [1.29, 1.82) is 10.8 Å². The molecule has 0 spiro atoms. The molecular weight excluding hydrogens is 412 g/mol. The first kappa shape index (κ1) is 22.2. The van der Waals surface area contributed by atoms with E-state index in [9.17, 15) is 4.79 Å². The molecule has 0 bridgehead atoms. The van der Waals surface area contributed by atoms with Crippen LogP contribution in [-0.4, -0.2) is 30.8 Å². The fourth-order valence-electron chi connectivity index (χ4n) is 3.57. The molecule has 1 heterocycles. The normalized spacial score (nSPS) is 16.8. The van der Waals surface area contributed by atoms with Gasteiger partial charge in [-0.05, 0) is 50.2 Å². The van der Waals surface area contributed by atoms with Crippen LogP contribution in [0.4, 0.5) is 17.1 Å². The van der Waals surface area contributed by atoms with Crippen LogP contribution in [0.5, 0.6) is 0 Å². The molecule has 1 aliphatic heterocycles. The van der Waals surface area contributed by atoms with Crippen molar-refractivity contribution in [2.75, 3.05) is 16.3 Å². The van der Waals surface area contributed by atoms with Crippen molar-refractivity contribution in [2.24, 2.45) is 10.9 Å². The lowest BCUT2D eigenvalue weighted by Gasteiger charge is -2.27. The van der Waals surface area contributed by atoms with E-state index in [2.05, 4.69) is 15.2 Å². The SMILES string of the molecule is CC=N/C(=C\NC=O)c1ccc2c(c1)N(c1ccc(Cl)cc1)C[C@@H](C)C(=N)N2C(C)=N. The van der Waals surface area contributed by atoms with Gasteiger partial charge in [-0.3, -0.25) is 25.5 Å². The van der Waals surface area contributed by atoms with E-state index in [1.54, 1.807) is 31.2 Å². The number of halogens is 1. The van der Waals surface area contributed by atoms with Crippen LogP contribution in [0, 0.1) is 16.7 Å². The highest BCUT2D eigenvalue weighted by molar-refractivity contribution is 6.30. The van der Waals surface area contributed by atoms with Gasteiger partial charge in [0.15, 0.2) is 0 Å². The summed E-state index contributed by atoms with van der Waals surface area (Å²) in [4.78, 5) is 19.0. The van der Waals surface area contributed by atoms with Crippen molar-refractivity contribution in [3.63, 3.8) is 0 Å². The van der Waals surface area contributed by atoms with E-state index in [0.29, 0.717) is 29.5 Å². The topological polar surface area (TPSA) is 95.6 Å². The van der Waals surface area contributed by atoms with Gasteiger partial charge in [-0.15, -0.1) is 0 Å². The van der Waals surface area contributed by atoms with Crippen molar-refractivity contribution < 1.29 is 4.79 Å². The Balaban J connectivity index is 2.25. The molecule has 1 atom stereocenters. The summed E-state index contributed by atoms with van der Waals surface area (Å²) in [6, 6.07) is 13.3. The molecule has 0 saturated carbocycles. The van der Waals surface area contributed by atoms with Crippen LogP contribution in [-0.2, 0) is 4.79 Å². The monoisotopic (exact) mass is 436 g/mol. The summed E-state index contributed by atoms with van der Waals surface area (Å²) in [7, 11) is 0. The van der Waals surface area contributed by atoms with Gasteiger partial charge in [0.25, 0.3) is 0 Å². The Kier molecular flexibility index (Phi) is 6.87. The van der Waals surface area contributed by atoms with Gasteiger partial charge in [-0.1, -0.05) is 24.6 Å². The maximum Gasteiger partial charge on any atom is 0.211 e. The van der Waals surface area contributed by atoms with Crippen LogP contribution in [0.2, 0.25) is 5.02 Å². The molecule has 7 nitrogen and oxygen atoms in total. The number of carbonyl (C=O) groups excluding carboxylic acids is 1. The van der Waals surface area contributed by atoms with E-state index < -0.39 is 0 Å². The van der Waals surface area contributed by atoms with Gasteiger partial charge in [0, 0.05) is 41.2 Å². The lowest BCUT2D eigenvalue weighted by molar-refractivity contribution is -0.108. The Hall–Kier alpha value is -3.45. The molecule has 2 aromatic carbocycles. The molecule has 8 heteroatoms. The number of nitrogens with zero attached hydrogens (tertiary/aromatic N) is 3. The first-order valence-corrected chi connectivity index (χ1v) is 10.2. The zero-order valence-electron chi connectivity index (χ0n) is 17.7. The molecule has 3 N–H and O–H groups in total. The molecule has 2 aromatic rings. The lowest BCUT2D eigenvalue weighted by Crippen LogP contribution is -2.38. The fraction of sp³-hybridized carbons (Fsp3) is 0.217. The predicted molar refractivity (Wildman–Crippen MR) is 129 cm³/mol. The minimum atomic E-state index is -0.118. The van der Waals surface area contributed by atoms with Gasteiger partial charge in [0.05, 0.1) is 17.1 Å². The highest BCUT2D eigenvalue weighted by Gasteiger charge is 2.31. The number of aliphatic imine (C=N–C) groups is 1. The molecule has 1 amide bonds. The van der Waals surface area contributed by atoms with Crippen LogP contribution in [0.1, 0.15) is 26.3 Å². The first-order chi connectivity index (χ1) is 14.9. The highest BCUT2D eigenvalue weighted by Crippen LogP contribution is 2.40. The number of benzene rings is 2. The molecule has 0 aliphatic carbocycles. The van der Waals surface area contributed by atoms with Crippen molar-refractivity contribution in [2.45, 2.75) is 20.8 Å². The van der Waals surface area contributed by atoms with Crippen LogP contribution in [0.3, 0.4) is 0 Å². The maximum absolute atomic E-state index is 10.8. The van der Waals surface area contributed by atoms with Crippen LogP contribution >= 0.6 is 11.6 Å². The summed E-state index contributed by atoms with van der Waals surface area (Å²) in [5.41, 5.74) is 3.91. The highest BCUT2D eigenvalue weighted by atomic mass is 35.5. The minimum absolute atomic E-state index is 0.118. The van der Waals surface area contributed by atoms with Gasteiger partial charge in [0.2, 0.25) is 6.41 Å². The summed E-state index contributed by atoms with van der Waals surface area (Å²) in [5, 5.41) is 20.2. The zero-order chi connectivity index (χ0) is 22.5. The summed E-state index contributed by atoms with van der Waals surface area (Å²) in [5.74, 6) is 0.518. The van der Waals surface area contributed by atoms with Gasteiger partial charge in [0.1, 0.15) is 11.7 Å². The average molecular weight is 437 g/mol. The largest absolute Gasteiger partial charge is 0.339 e. The minimum Gasteiger partial charge on any atom is -0.339 e. The summed E-state index contributed by atoms with van der Waals surface area (Å²) >= 11 is 6.10. The van der Waals surface area contributed by atoms with E-state index in [4.69, 9.17) is 22.4 Å². The van der Waals surface area contributed by atoms with Crippen molar-refractivity contribution >= 4 is 58.7 Å². The molecule has 31 heavy (non-hydrogen) atoms. The Labute approximate surface area is 187 Å². The third-order valence-corrected chi connectivity index (χ3v) is 5.25. The number of amides is 1. The fourth-order valence-corrected chi connectivity index (χ4v) is 3.70. The lowest BCUT2D eigenvalue weighted by atomic mass is 10.1. The van der Waals surface area contributed by atoms with E-state index in [1.165, 1.54) is 0 Å². The second-order valence-electron chi connectivity index (χ2n) is 7.20. The molecule has 0 radical (unpaired) electrons. The van der Waals surface area contributed by atoms with Crippen LogP contribution in [0.25, 0.3) is 5.70 Å². The first-order valence-electron chi connectivity index (χ1n) is 9.87. The molecule has 3 rings (SSSR count). The Morgan fingerprint density at radius 1 is 1.23 bits per heavy atom. The number of hydrogen-bond donors (Lipinski definition) is 3. The molecule has 0 fully saturated rings. The van der Waals surface area contributed by atoms with Crippen molar-refractivity contribution in [3.05, 3.63) is 59.3 Å². The maximum atomic E-state index is 10.8. The standard InChI is InChI=1S/C23H25ClN6O/c1-4-28-20(12-27-14-31)17-5-10-21-22(11-17)29(19-8-6-18(24)7-9-19)13-15(2)23(26)30(21)16(3)25/h4-12,14-15,25-26H,13H2,1-3H3,(H,27,31)/b20-12-,25-16?,26-23?,28-4?/t15-/m1/s1. The second-order valence-corrected chi connectivity index (χ2v) is 7.64. The van der Waals surface area contributed by atoms with Crippen molar-refractivity contribution in [3.8, 4) is 0 Å². The Morgan fingerprint density at radius 2 is 1.94 bits per heavy atom. The smallest absolute Gasteiger partial charge is 0.211 e. The number of fused-ring (bicyclic) bond motifs is 1. The number of rotatable bonds is 5. The summed E-state index contributed by atoms with van der Waals surface area (Å²) < 4.78 is 0. The zero-order valence-corrected chi connectivity index (χ0v) is 18.4. The molecule has 160 valence electrons. The second kappa shape index (κ2) is 9.57. The van der Waals surface area contributed by atoms with Crippen molar-refractivity contribution in [1.82, 2.24) is 5.32 Å². The third-order valence-electron chi connectivity index (χ3n) is 5.00.